The molecule has 3 amide bonds. The highest BCUT2D eigenvalue weighted by atomic mass is 32.1. The van der Waals surface area contributed by atoms with Crippen molar-refractivity contribution in [2.45, 2.75) is 31.5 Å². The van der Waals surface area contributed by atoms with Crippen molar-refractivity contribution in [2.24, 2.45) is 0 Å². The van der Waals surface area contributed by atoms with Crippen molar-refractivity contribution in [2.75, 3.05) is 12.3 Å². The summed E-state index contributed by atoms with van der Waals surface area (Å²) in [7, 11) is 0. The average molecular weight is 441 g/mol. The maximum absolute atomic E-state index is 12.0. The molecule has 1 aromatic carbocycles. The predicted molar refractivity (Wildman–Crippen MR) is 107 cm³/mol. The van der Waals surface area contributed by atoms with Gasteiger partial charge in [0.05, 0.1) is 0 Å². The number of ether oxygens (including phenoxy) is 1. The number of hydrogen-bond acceptors (Lipinski definition) is 7. The Morgan fingerprint density at radius 3 is 2.23 bits per heavy atom. The van der Waals surface area contributed by atoms with E-state index >= 15 is 0 Å². The molecule has 1 aromatic rings. The fourth-order valence-electron chi connectivity index (χ4n) is 2.19. The van der Waals surface area contributed by atoms with Crippen LogP contribution in [0.5, 0.6) is 0 Å². The Morgan fingerprint density at radius 2 is 1.67 bits per heavy atom. The molecule has 2 atom stereocenters. The Morgan fingerprint density at radius 1 is 1.00 bits per heavy atom. The summed E-state index contributed by atoms with van der Waals surface area (Å²) >= 11 is 3.92. The summed E-state index contributed by atoms with van der Waals surface area (Å²) in [5, 5.41) is 24.4. The molecule has 11 nitrogen and oxygen atoms in total. The Bertz CT molecular complexity index is 759. The van der Waals surface area contributed by atoms with E-state index in [2.05, 4.69) is 28.6 Å². The minimum absolute atomic E-state index is 0.0470. The van der Waals surface area contributed by atoms with Gasteiger partial charge in [0.1, 0.15) is 25.2 Å². The van der Waals surface area contributed by atoms with Crippen molar-refractivity contribution in [1.29, 1.82) is 0 Å². The van der Waals surface area contributed by atoms with Gasteiger partial charge in [0.25, 0.3) is 0 Å². The molecule has 0 bridgehead atoms. The Balaban J connectivity index is 2.47. The monoisotopic (exact) mass is 441 g/mol. The van der Waals surface area contributed by atoms with Gasteiger partial charge in [-0.15, -0.1) is 0 Å². The summed E-state index contributed by atoms with van der Waals surface area (Å²) in [5.74, 6) is -4.10. The lowest BCUT2D eigenvalue weighted by molar-refractivity contribution is -0.139. The first-order valence-corrected chi connectivity index (χ1v) is 9.46. The fraction of sp³-hybridized carbons (Fsp3) is 0.389. The second-order valence-corrected chi connectivity index (χ2v) is 6.41. The normalized spacial score (nSPS) is 12.2. The van der Waals surface area contributed by atoms with Crippen LogP contribution < -0.4 is 16.0 Å². The van der Waals surface area contributed by atoms with Crippen LogP contribution in [0, 0.1) is 0 Å². The number of thiol groups is 1. The largest absolute Gasteiger partial charge is 0.480 e. The minimum atomic E-state index is -1.38. The topological polar surface area (TPSA) is 171 Å². The summed E-state index contributed by atoms with van der Waals surface area (Å²) in [6.45, 7) is -0.663. The van der Waals surface area contributed by atoms with Gasteiger partial charge in [-0.3, -0.25) is 14.4 Å². The smallest absolute Gasteiger partial charge is 0.408 e. The fourth-order valence-corrected chi connectivity index (χ4v) is 2.44. The molecular weight excluding hydrogens is 418 g/mol. The molecule has 0 aliphatic heterocycles. The molecule has 5 N–H and O–H groups in total. The Hall–Kier alpha value is -3.28. The maximum Gasteiger partial charge on any atom is 0.408 e. The molecule has 0 aliphatic rings. The Labute approximate surface area is 177 Å². The van der Waals surface area contributed by atoms with Crippen LogP contribution in [0.25, 0.3) is 0 Å². The molecule has 0 saturated heterocycles. The molecule has 0 aliphatic carbocycles. The van der Waals surface area contributed by atoms with Gasteiger partial charge in [0.15, 0.2) is 0 Å². The van der Waals surface area contributed by atoms with Crippen LogP contribution in [0.15, 0.2) is 30.3 Å². The number of carboxylic acid groups (broad SMARTS) is 2. The van der Waals surface area contributed by atoms with Crippen LogP contribution >= 0.6 is 12.6 Å². The lowest BCUT2D eigenvalue weighted by Gasteiger charge is -2.17. The molecular formula is C18H23N3O8S. The van der Waals surface area contributed by atoms with Crippen LogP contribution in [0.4, 0.5) is 4.79 Å². The van der Waals surface area contributed by atoms with Crippen LogP contribution in [-0.2, 0) is 30.5 Å². The van der Waals surface area contributed by atoms with Crippen molar-refractivity contribution in [3.05, 3.63) is 35.9 Å². The Kier molecular flexibility index (Phi) is 10.8. The maximum atomic E-state index is 12.0. The lowest BCUT2D eigenvalue weighted by atomic mass is 10.1. The van der Waals surface area contributed by atoms with E-state index in [1.54, 1.807) is 30.3 Å². The first-order chi connectivity index (χ1) is 14.2. The van der Waals surface area contributed by atoms with Gasteiger partial charge >= 0.3 is 18.0 Å². The molecule has 0 spiro atoms. The molecule has 30 heavy (non-hydrogen) atoms. The van der Waals surface area contributed by atoms with Gasteiger partial charge in [-0.05, 0) is 12.0 Å². The lowest BCUT2D eigenvalue weighted by Crippen LogP contribution is -2.49. The van der Waals surface area contributed by atoms with Crippen molar-refractivity contribution in [1.82, 2.24) is 16.0 Å². The van der Waals surface area contributed by atoms with Crippen LogP contribution in [0.2, 0.25) is 0 Å². The van der Waals surface area contributed by atoms with Crippen molar-refractivity contribution < 1.29 is 38.9 Å². The van der Waals surface area contributed by atoms with Crippen LogP contribution in [-0.4, -0.2) is 64.4 Å². The highest BCUT2D eigenvalue weighted by Gasteiger charge is 2.24. The standard InChI is InChI=1S/C18H23N3O8S/c22-14(20-13(10-30)16(25)19-8-15(23)24)7-6-12(17(26)27)21-18(28)29-9-11-4-2-1-3-5-11/h1-5,12-13,30H,6-10H2,(H,19,25)(H,20,22)(H,21,28)(H,23,24)(H,26,27). The van der Waals surface area contributed by atoms with Gasteiger partial charge in [-0.25, -0.2) is 9.59 Å². The number of amides is 3. The van der Waals surface area contributed by atoms with Gasteiger partial charge in [0, 0.05) is 12.2 Å². The number of carbonyl (C=O) groups excluding carboxylic acids is 3. The minimum Gasteiger partial charge on any atom is -0.480 e. The molecule has 0 heterocycles. The number of hydrogen-bond donors (Lipinski definition) is 6. The zero-order valence-electron chi connectivity index (χ0n) is 15.9. The second kappa shape index (κ2) is 13.0. The van der Waals surface area contributed by atoms with E-state index in [1.807, 2.05) is 0 Å². The van der Waals surface area contributed by atoms with E-state index in [-0.39, 0.29) is 25.2 Å². The summed E-state index contributed by atoms with van der Waals surface area (Å²) < 4.78 is 4.95. The van der Waals surface area contributed by atoms with Crippen molar-refractivity contribution in [3.8, 4) is 0 Å². The first kappa shape index (κ1) is 24.8. The number of carbonyl (C=O) groups is 5. The number of alkyl carbamates (subject to hydrolysis) is 1. The van der Waals surface area contributed by atoms with E-state index in [0.717, 1.165) is 5.56 Å². The van der Waals surface area contributed by atoms with Crippen molar-refractivity contribution in [3.63, 3.8) is 0 Å². The highest BCUT2D eigenvalue weighted by Crippen LogP contribution is 2.03. The van der Waals surface area contributed by atoms with E-state index in [4.69, 9.17) is 9.84 Å². The molecule has 0 saturated carbocycles. The number of nitrogens with one attached hydrogen (secondary N) is 3. The summed E-state index contributed by atoms with van der Waals surface area (Å²) in [6.07, 6.45) is -1.52. The van der Waals surface area contributed by atoms with E-state index in [0.29, 0.717) is 0 Å². The third kappa shape index (κ3) is 9.78. The van der Waals surface area contributed by atoms with Gasteiger partial charge in [0.2, 0.25) is 11.8 Å². The van der Waals surface area contributed by atoms with Gasteiger partial charge in [-0.1, -0.05) is 30.3 Å². The van der Waals surface area contributed by atoms with Gasteiger partial charge < -0.3 is 30.9 Å². The number of aliphatic carboxylic acids is 2. The van der Waals surface area contributed by atoms with Crippen molar-refractivity contribution >= 4 is 42.5 Å². The zero-order chi connectivity index (χ0) is 22.5. The molecule has 2 unspecified atom stereocenters. The van der Waals surface area contributed by atoms with Crippen LogP contribution in [0.3, 0.4) is 0 Å². The molecule has 0 radical (unpaired) electrons. The molecule has 164 valence electrons. The molecule has 12 heteroatoms. The SMILES string of the molecule is O=C(O)CNC(=O)C(CS)NC(=O)CCC(NC(=O)OCc1ccccc1)C(=O)O. The molecule has 1 rings (SSSR count). The highest BCUT2D eigenvalue weighted by molar-refractivity contribution is 7.80. The number of rotatable bonds is 12. The quantitative estimate of drug-likeness (QED) is 0.241. The van der Waals surface area contributed by atoms with E-state index in [1.165, 1.54) is 0 Å². The average Bonchev–Trinajstić information content (AvgIpc) is 2.72. The summed E-state index contributed by atoms with van der Waals surface area (Å²) in [4.78, 5) is 57.4. The third-order valence-corrected chi connectivity index (χ3v) is 4.08. The number of benzene rings is 1. The molecule has 0 aromatic heterocycles. The van der Waals surface area contributed by atoms with E-state index < -0.39 is 48.5 Å². The van der Waals surface area contributed by atoms with E-state index in [9.17, 15) is 29.1 Å². The zero-order valence-corrected chi connectivity index (χ0v) is 16.8. The molecule has 0 fully saturated rings. The second-order valence-electron chi connectivity index (χ2n) is 6.05. The number of carboxylic acids is 2. The summed E-state index contributed by atoms with van der Waals surface area (Å²) in [5.41, 5.74) is 0.720. The van der Waals surface area contributed by atoms with Crippen LogP contribution in [0.1, 0.15) is 18.4 Å². The summed E-state index contributed by atoms with van der Waals surface area (Å²) in [6, 6.07) is 6.31. The predicted octanol–water partition coefficient (Wildman–Crippen LogP) is -0.238. The van der Waals surface area contributed by atoms with Gasteiger partial charge in [-0.2, -0.15) is 12.6 Å². The third-order valence-electron chi connectivity index (χ3n) is 3.71. The first-order valence-electron chi connectivity index (χ1n) is 8.82.